The maximum atomic E-state index is 10.8. The predicted molar refractivity (Wildman–Crippen MR) is 52.3 cm³/mol. The first-order valence-electron chi connectivity index (χ1n) is 4.60. The lowest BCUT2D eigenvalue weighted by atomic mass is 9.82. The molecule has 72 valence electrons. The van der Waals surface area contributed by atoms with E-state index in [1.807, 2.05) is 18.2 Å². The van der Waals surface area contributed by atoms with Gasteiger partial charge in [-0.15, -0.1) is 0 Å². The van der Waals surface area contributed by atoms with Crippen molar-refractivity contribution < 1.29 is 9.90 Å². The molecule has 0 amide bonds. The summed E-state index contributed by atoms with van der Waals surface area (Å²) in [6, 6.07) is 0. The van der Waals surface area contributed by atoms with Gasteiger partial charge in [0.15, 0.2) is 0 Å². The van der Waals surface area contributed by atoms with Gasteiger partial charge in [-0.05, 0) is 20.3 Å². The second-order valence-electron chi connectivity index (χ2n) is 3.82. The van der Waals surface area contributed by atoms with Crippen LogP contribution in [0.15, 0.2) is 24.3 Å². The Balaban J connectivity index is 2.54. The van der Waals surface area contributed by atoms with Gasteiger partial charge in [0.25, 0.3) is 0 Å². The molecular formula is C11H16O2. The van der Waals surface area contributed by atoms with E-state index in [9.17, 15) is 9.90 Å². The van der Waals surface area contributed by atoms with Crippen molar-refractivity contribution in [3.63, 3.8) is 0 Å². The Morgan fingerprint density at radius 2 is 2.23 bits per heavy atom. The Morgan fingerprint density at radius 1 is 1.54 bits per heavy atom. The van der Waals surface area contributed by atoms with Crippen molar-refractivity contribution in [1.29, 1.82) is 0 Å². The summed E-state index contributed by atoms with van der Waals surface area (Å²) in [5, 5.41) is 9.90. The molecule has 0 radical (unpaired) electrons. The normalized spacial score (nSPS) is 32.1. The van der Waals surface area contributed by atoms with Crippen LogP contribution in [-0.2, 0) is 4.79 Å². The number of rotatable bonds is 3. The van der Waals surface area contributed by atoms with Gasteiger partial charge in [-0.3, -0.25) is 0 Å². The largest absolute Gasteiger partial charge is 0.385 e. The summed E-state index contributed by atoms with van der Waals surface area (Å²) in [7, 11) is 0. The van der Waals surface area contributed by atoms with E-state index in [4.69, 9.17) is 0 Å². The van der Waals surface area contributed by atoms with Gasteiger partial charge in [0, 0.05) is 12.3 Å². The minimum atomic E-state index is -0.787. The summed E-state index contributed by atoms with van der Waals surface area (Å²) >= 11 is 0. The van der Waals surface area contributed by atoms with E-state index in [1.54, 1.807) is 19.9 Å². The third kappa shape index (κ3) is 2.81. The van der Waals surface area contributed by atoms with Crippen LogP contribution in [0.3, 0.4) is 0 Å². The average Bonchev–Trinajstić information content (AvgIpc) is 2.01. The minimum Gasteiger partial charge on any atom is -0.385 e. The van der Waals surface area contributed by atoms with Crippen LogP contribution in [0.1, 0.15) is 26.7 Å². The van der Waals surface area contributed by atoms with Crippen molar-refractivity contribution in [3.8, 4) is 0 Å². The highest BCUT2D eigenvalue weighted by molar-refractivity contribution is 5.75. The fraction of sp³-hybridized carbons (Fsp3) is 0.545. The van der Waals surface area contributed by atoms with Gasteiger partial charge in [-0.1, -0.05) is 24.3 Å². The first-order valence-corrected chi connectivity index (χ1v) is 4.60. The van der Waals surface area contributed by atoms with Crippen LogP contribution in [0.4, 0.5) is 0 Å². The van der Waals surface area contributed by atoms with Gasteiger partial charge in [-0.2, -0.15) is 0 Å². The van der Waals surface area contributed by atoms with Crippen molar-refractivity contribution in [2.75, 3.05) is 0 Å². The average molecular weight is 180 g/mol. The molecular weight excluding hydrogens is 164 g/mol. The molecule has 0 spiro atoms. The first-order chi connectivity index (χ1) is 6.02. The van der Waals surface area contributed by atoms with Gasteiger partial charge in [0.2, 0.25) is 0 Å². The third-order valence-electron chi connectivity index (χ3n) is 2.45. The van der Waals surface area contributed by atoms with E-state index < -0.39 is 5.60 Å². The molecule has 0 aromatic heterocycles. The Bertz CT molecular complexity index is 249. The summed E-state index contributed by atoms with van der Waals surface area (Å²) in [6.07, 6.45) is 8.76. The molecule has 2 unspecified atom stereocenters. The van der Waals surface area contributed by atoms with Crippen LogP contribution < -0.4 is 0 Å². The topological polar surface area (TPSA) is 37.3 Å². The molecule has 2 nitrogen and oxygen atoms in total. The molecule has 0 saturated carbocycles. The van der Waals surface area contributed by atoms with Crippen molar-refractivity contribution in [2.24, 2.45) is 5.92 Å². The molecule has 0 fully saturated rings. The van der Waals surface area contributed by atoms with Crippen LogP contribution >= 0.6 is 0 Å². The van der Waals surface area contributed by atoms with Gasteiger partial charge in [0.05, 0.1) is 5.60 Å². The van der Waals surface area contributed by atoms with E-state index >= 15 is 0 Å². The molecule has 0 aromatic carbocycles. The van der Waals surface area contributed by atoms with Crippen LogP contribution in [0.25, 0.3) is 0 Å². The van der Waals surface area contributed by atoms with E-state index in [1.165, 1.54) is 0 Å². The molecule has 1 aliphatic carbocycles. The number of carbonyl (C=O) groups excluding carboxylic acids is 1. The quantitative estimate of drug-likeness (QED) is 0.719. The highest BCUT2D eigenvalue weighted by Crippen LogP contribution is 2.27. The monoisotopic (exact) mass is 180 g/mol. The lowest BCUT2D eigenvalue weighted by Crippen LogP contribution is -2.32. The summed E-state index contributed by atoms with van der Waals surface area (Å²) in [5.41, 5.74) is -0.787. The van der Waals surface area contributed by atoms with Crippen molar-refractivity contribution >= 4 is 5.78 Å². The van der Waals surface area contributed by atoms with Crippen molar-refractivity contribution in [3.05, 3.63) is 24.3 Å². The van der Waals surface area contributed by atoms with Crippen molar-refractivity contribution in [1.82, 2.24) is 0 Å². The van der Waals surface area contributed by atoms with E-state index in [2.05, 4.69) is 0 Å². The minimum absolute atomic E-state index is 0.0707. The third-order valence-corrected chi connectivity index (χ3v) is 2.45. The van der Waals surface area contributed by atoms with E-state index in [0.717, 1.165) is 6.42 Å². The summed E-state index contributed by atoms with van der Waals surface area (Å²) < 4.78 is 0. The Kier molecular flexibility index (Phi) is 3.04. The Hall–Kier alpha value is -0.890. The van der Waals surface area contributed by atoms with Crippen LogP contribution in [-0.4, -0.2) is 16.5 Å². The van der Waals surface area contributed by atoms with Gasteiger partial charge < -0.3 is 9.90 Å². The maximum absolute atomic E-state index is 10.8. The highest BCUT2D eigenvalue weighted by Gasteiger charge is 2.28. The molecule has 2 atom stereocenters. The molecule has 0 heterocycles. The number of allylic oxidation sites excluding steroid dienone is 2. The molecule has 0 aliphatic heterocycles. The van der Waals surface area contributed by atoms with Gasteiger partial charge in [-0.25, -0.2) is 0 Å². The molecule has 0 aromatic rings. The predicted octanol–water partition coefficient (Wildman–Crippen LogP) is 1.85. The maximum Gasteiger partial charge on any atom is 0.129 e. The number of ketones is 1. The standard InChI is InChI=1S/C11H16O2/c1-9(12)6-7-10-5-3-4-8-11(10,2)13/h3-5,8,10,13H,6-7H2,1-2H3. The summed E-state index contributed by atoms with van der Waals surface area (Å²) in [4.78, 5) is 10.8. The summed E-state index contributed by atoms with van der Waals surface area (Å²) in [6.45, 7) is 3.36. The van der Waals surface area contributed by atoms with Crippen molar-refractivity contribution in [2.45, 2.75) is 32.3 Å². The zero-order valence-electron chi connectivity index (χ0n) is 8.16. The molecule has 1 rings (SSSR count). The smallest absolute Gasteiger partial charge is 0.129 e. The van der Waals surface area contributed by atoms with Gasteiger partial charge >= 0.3 is 0 Å². The van der Waals surface area contributed by atoms with Crippen LogP contribution in [0.5, 0.6) is 0 Å². The second-order valence-corrected chi connectivity index (χ2v) is 3.82. The Morgan fingerprint density at radius 3 is 2.77 bits per heavy atom. The number of Topliss-reactive ketones (excluding diaryl/α,β-unsaturated/α-hetero) is 1. The van der Waals surface area contributed by atoms with E-state index in [-0.39, 0.29) is 11.7 Å². The lowest BCUT2D eigenvalue weighted by Gasteiger charge is -2.29. The number of hydrogen-bond acceptors (Lipinski definition) is 2. The first kappa shape index (κ1) is 10.2. The number of aliphatic hydroxyl groups is 1. The van der Waals surface area contributed by atoms with Crippen LogP contribution in [0.2, 0.25) is 0 Å². The zero-order valence-corrected chi connectivity index (χ0v) is 8.16. The molecule has 2 heteroatoms. The molecule has 0 saturated heterocycles. The Labute approximate surface area is 79.0 Å². The second kappa shape index (κ2) is 3.88. The number of hydrogen-bond donors (Lipinski definition) is 1. The zero-order chi connectivity index (χ0) is 9.90. The lowest BCUT2D eigenvalue weighted by molar-refractivity contribution is -0.117. The number of carbonyl (C=O) groups is 1. The molecule has 13 heavy (non-hydrogen) atoms. The van der Waals surface area contributed by atoms with Crippen LogP contribution in [0, 0.1) is 5.92 Å². The van der Waals surface area contributed by atoms with E-state index in [0.29, 0.717) is 6.42 Å². The fourth-order valence-electron chi connectivity index (χ4n) is 1.51. The molecule has 1 aliphatic rings. The van der Waals surface area contributed by atoms with Gasteiger partial charge in [0.1, 0.15) is 5.78 Å². The summed E-state index contributed by atoms with van der Waals surface area (Å²) in [5.74, 6) is 0.250. The molecule has 0 bridgehead atoms. The molecule has 1 N–H and O–H groups in total. The SMILES string of the molecule is CC(=O)CCC1C=CC=CC1(C)O. The highest BCUT2D eigenvalue weighted by atomic mass is 16.3. The fourth-order valence-corrected chi connectivity index (χ4v) is 1.51.